The molecule has 144 valence electrons. The third-order valence-corrected chi connectivity index (χ3v) is 4.79. The van der Waals surface area contributed by atoms with Gasteiger partial charge in [-0.25, -0.2) is 9.59 Å². The molecule has 0 amide bonds. The molecule has 3 aromatic rings. The molecule has 7 heteroatoms. The minimum atomic E-state index is -4.60. The molecular weight excluding hydrogens is 373 g/mol. The summed E-state index contributed by atoms with van der Waals surface area (Å²) in [6.45, 7) is 0.263. The summed E-state index contributed by atoms with van der Waals surface area (Å²) >= 11 is 0. The summed E-state index contributed by atoms with van der Waals surface area (Å²) in [4.78, 5) is 24.8. The average Bonchev–Trinajstić information content (AvgIpc) is 2.66. The van der Waals surface area contributed by atoms with Crippen LogP contribution in [0, 0.1) is 0 Å². The van der Waals surface area contributed by atoms with Crippen LogP contribution in [-0.2, 0) is 20.4 Å². The van der Waals surface area contributed by atoms with Crippen molar-refractivity contribution in [2.24, 2.45) is 0 Å². The molecule has 28 heavy (non-hydrogen) atoms. The van der Waals surface area contributed by atoms with Crippen molar-refractivity contribution >= 4 is 33.5 Å². The molecule has 1 atom stereocenters. The van der Waals surface area contributed by atoms with Gasteiger partial charge in [0.2, 0.25) is 0 Å². The minimum absolute atomic E-state index is 0.0116. The van der Waals surface area contributed by atoms with Gasteiger partial charge in [0, 0.05) is 0 Å². The normalized spacial score (nSPS) is 17.5. The Kier molecular flexibility index (Phi) is 4.45. The molecule has 4 rings (SSSR count). The van der Waals surface area contributed by atoms with Crippen molar-refractivity contribution in [1.29, 1.82) is 0 Å². The predicted octanol–water partition coefficient (Wildman–Crippen LogP) is 4.87. The fraction of sp³-hybridized carbons (Fsp3) is 0.238. The zero-order valence-corrected chi connectivity index (χ0v) is 14.6. The monoisotopic (exact) mass is 388 g/mol. The fourth-order valence-corrected chi connectivity index (χ4v) is 3.60. The van der Waals surface area contributed by atoms with Crippen molar-refractivity contribution in [2.75, 3.05) is 6.61 Å². The second-order valence-corrected chi connectivity index (χ2v) is 6.54. The first kappa shape index (κ1) is 18.3. The number of rotatable bonds is 2. The molecule has 1 unspecified atom stereocenters. The quantitative estimate of drug-likeness (QED) is 0.464. The molecule has 0 N–H and O–H groups in total. The summed E-state index contributed by atoms with van der Waals surface area (Å²) in [5.41, 5.74) is -0.787. The highest BCUT2D eigenvalue weighted by Crippen LogP contribution is 2.42. The lowest BCUT2D eigenvalue weighted by molar-refractivity contribution is -0.159. The Morgan fingerprint density at radius 1 is 0.964 bits per heavy atom. The second kappa shape index (κ2) is 6.82. The van der Waals surface area contributed by atoms with Crippen LogP contribution in [0.4, 0.5) is 13.2 Å². The van der Waals surface area contributed by atoms with Crippen LogP contribution in [0.2, 0.25) is 0 Å². The first-order chi connectivity index (χ1) is 13.4. The molecule has 1 aliphatic rings. The zero-order valence-electron chi connectivity index (χ0n) is 14.6. The molecule has 0 saturated carbocycles. The van der Waals surface area contributed by atoms with E-state index in [-0.39, 0.29) is 33.7 Å². The van der Waals surface area contributed by atoms with Crippen LogP contribution in [0.5, 0.6) is 0 Å². The number of carbonyl (C=O) groups is 2. The Bertz CT molecular complexity index is 1030. The van der Waals surface area contributed by atoms with Gasteiger partial charge in [-0.2, -0.15) is 13.2 Å². The second-order valence-electron chi connectivity index (χ2n) is 6.54. The number of halogens is 3. The highest BCUT2D eigenvalue weighted by atomic mass is 19.4. The average molecular weight is 388 g/mol. The van der Waals surface area contributed by atoms with Gasteiger partial charge in [0.05, 0.1) is 17.7 Å². The summed E-state index contributed by atoms with van der Waals surface area (Å²) < 4.78 is 51.7. The van der Waals surface area contributed by atoms with Gasteiger partial charge >= 0.3 is 18.1 Å². The number of carbonyl (C=O) groups excluding carboxylic acids is 2. The first-order valence-corrected chi connectivity index (χ1v) is 8.76. The highest BCUT2D eigenvalue weighted by molar-refractivity contribution is 6.18. The molecule has 1 aliphatic heterocycles. The maximum absolute atomic E-state index is 13.8. The highest BCUT2D eigenvalue weighted by Gasteiger charge is 2.37. The van der Waals surface area contributed by atoms with Gasteiger partial charge < -0.3 is 9.47 Å². The number of esters is 2. The third kappa shape index (κ3) is 3.06. The Morgan fingerprint density at radius 3 is 2.00 bits per heavy atom. The van der Waals surface area contributed by atoms with Crippen LogP contribution < -0.4 is 0 Å². The maximum atomic E-state index is 13.8. The fourth-order valence-electron chi connectivity index (χ4n) is 3.60. The van der Waals surface area contributed by atoms with E-state index in [1.165, 1.54) is 36.4 Å². The van der Waals surface area contributed by atoms with Gasteiger partial charge in [0.25, 0.3) is 0 Å². The summed E-state index contributed by atoms with van der Waals surface area (Å²) in [6.07, 6.45) is -4.78. The number of cyclic esters (lactones) is 1. The van der Waals surface area contributed by atoms with Gasteiger partial charge in [-0.1, -0.05) is 48.5 Å². The lowest BCUT2D eigenvalue weighted by Crippen LogP contribution is -2.33. The summed E-state index contributed by atoms with van der Waals surface area (Å²) in [5.74, 6) is -1.48. The molecule has 3 aromatic carbocycles. The molecule has 0 aromatic heterocycles. The van der Waals surface area contributed by atoms with Crippen LogP contribution in [-0.4, -0.2) is 24.6 Å². The summed E-state index contributed by atoms with van der Waals surface area (Å²) in [5, 5.41) is 0.0733. The van der Waals surface area contributed by atoms with Crippen LogP contribution in [0.15, 0.2) is 48.5 Å². The van der Waals surface area contributed by atoms with E-state index >= 15 is 0 Å². The number of hydrogen-bond donors (Lipinski definition) is 0. The van der Waals surface area contributed by atoms with E-state index < -0.39 is 29.8 Å². The van der Waals surface area contributed by atoms with Gasteiger partial charge in [-0.3, -0.25) is 0 Å². The van der Waals surface area contributed by atoms with E-state index in [9.17, 15) is 22.8 Å². The van der Waals surface area contributed by atoms with Crippen LogP contribution >= 0.6 is 0 Å². The molecule has 4 nitrogen and oxygen atoms in total. The van der Waals surface area contributed by atoms with Crippen molar-refractivity contribution in [3.05, 3.63) is 59.7 Å². The Labute approximate surface area is 157 Å². The molecule has 1 saturated heterocycles. The maximum Gasteiger partial charge on any atom is 0.417 e. The van der Waals surface area contributed by atoms with Crippen molar-refractivity contribution < 1.29 is 32.2 Å². The van der Waals surface area contributed by atoms with E-state index in [2.05, 4.69) is 0 Å². The number of alkyl halides is 3. The molecule has 0 radical (unpaired) electrons. The van der Waals surface area contributed by atoms with Gasteiger partial charge in [-0.15, -0.1) is 0 Å². The predicted molar refractivity (Wildman–Crippen MR) is 95.9 cm³/mol. The van der Waals surface area contributed by atoms with E-state index in [1.807, 2.05) is 0 Å². The van der Waals surface area contributed by atoms with E-state index in [4.69, 9.17) is 9.47 Å². The largest absolute Gasteiger partial charge is 0.463 e. The van der Waals surface area contributed by atoms with Gasteiger partial charge in [0.1, 0.15) is 0 Å². The van der Waals surface area contributed by atoms with E-state index in [1.54, 1.807) is 12.1 Å². The van der Waals surface area contributed by atoms with Crippen LogP contribution in [0.1, 0.15) is 28.8 Å². The SMILES string of the molecule is O=C(OC1CCCOC1=O)c1c2ccccc2c(C(F)(F)F)c2ccccc12. The molecular formula is C21H15F3O4. The number of hydrogen-bond acceptors (Lipinski definition) is 4. The molecule has 0 aliphatic carbocycles. The molecule has 1 fully saturated rings. The zero-order chi connectivity index (χ0) is 19.9. The number of fused-ring (bicyclic) bond motifs is 2. The standard InChI is InChI=1S/C21H15F3O4/c22-21(23,24)18-14-8-3-1-6-12(14)17(13-7-2-4-9-15(13)18)20(26)28-16-10-5-11-27-19(16)25/h1-4,6-9,16H,5,10-11H2. The third-order valence-electron chi connectivity index (χ3n) is 4.79. The Morgan fingerprint density at radius 2 is 1.50 bits per heavy atom. The van der Waals surface area contributed by atoms with Crippen molar-refractivity contribution in [2.45, 2.75) is 25.1 Å². The van der Waals surface area contributed by atoms with Crippen LogP contribution in [0.3, 0.4) is 0 Å². The smallest absolute Gasteiger partial charge is 0.417 e. The molecule has 0 bridgehead atoms. The van der Waals surface area contributed by atoms with Gasteiger partial charge in [-0.05, 0) is 34.4 Å². The van der Waals surface area contributed by atoms with E-state index in [0.29, 0.717) is 12.8 Å². The topological polar surface area (TPSA) is 52.6 Å². The summed E-state index contributed by atoms with van der Waals surface area (Å²) in [7, 11) is 0. The van der Waals surface area contributed by atoms with Gasteiger partial charge in [0.15, 0.2) is 6.10 Å². The lowest BCUT2D eigenvalue weighted by atomic mass is 9.91. The van der Waals surface area contributed by atoms with E-state index in [0.717, 1.165) is 0 Å². The molecule has 0 spiro atoms. The van der Waals surface area contributed by atoms with Crippen molar-refractivity contribution in [3.63, 3.8) is 0 Å². The Balaban J connectivity index is 1.95. The Hall–Kier alpha value is -3.09. The van der Waals surface area contributed by atoms with Crippen molar-refractivity contribution in [3.8, 4) is 0 Å². The first-order valence-electron chi connectivity index (χ1n) is 8.76. The lowest BCUT2D eigenvalue weighted by Gasteiger charge is -2.22. The molecule has 1 heterocycles. The summed E-state index contributed by atoms with van der Waals surface area (Å²) in [6, 6.07) is 11.7. The van der Waals surface area contributed by atoms with Crippen molar-refractivity contribution in [1.82, 2.24) is 0 Å². The minimum Gasteiger partial charge on any atom is -0.463 e. The number of ether oxygens (including phenoxy) is 2. The van der Waals surface area contributed by atoms with Crippen LogP contribution in [0.25, 0.3) is 21.5 Å². The number of benzene rings is 3.